The van der Waals surface area contributed by atoms with Crippen molar-refractivity contribution < 1.29 is 24.5 Å². The summed E-state index contributed by atoms with van der Waals surface area (Å²) in [4.78, 5) is 11.4. The molecule has 1 aromatic carbocycles. The second-order valence-electron chi connectivity index (χ2n) is 9.28. The van der Waals surface area contributed by atoms with Gasteiger partial charge in [-0.15, -0.1) is 11.6 Å². The Morgan fingerprint density at radius 1 is 1.26 bits per heavy atom. The molecule has 174 valence electrons. The predicted molar refractivity (Wildman–Crippen MR) is 124 cm³/mol. The third-order valence-corrected chi connectivity index (χ3v) is 6.30. The maximum absolute atomic E-state index is 11.4. The Balaban J connectivity index is 1.82. The van der Waals surface area contributed by atoms with E-state index in [1.54, 1.807) is 0 Å². The first-order chi connectivity index (χ1) is 14.7. The van der Waals surface area contributed by atoms with Gasteiger partial charge >= 0.3 is 5.97 Å². The highest BCUT2D eigenvalue weighted by Crippen LogP contribution is 2.39. The van der Waals surface area contributed by atoms with Crippen LogP contribution in [-0.4, -0.2) is 47.5 Å². The van der Waals surface area contributed by atoms with Gasteiger partial charge in [0.2, 0.25) is 0 Å². The molecule has 1 fully saturated rings. The summed E-state index contributed by atoms with van der Waals surface area (Å²) in [7, 11) is 0. The van der Waals surface area contributed by atoms with Crippen LogP contribution in [-0.2, 0) is 14.9 Å². The molecule has 5 nitrogen and oxygen atoms in total. The average molecular weight is 453 g/mol. The van der Waals surface area contributed by atoms with Gasteiger partial charge in [0.25, 0.3) is 0 Å². The lowest BCUT2D eigenvalue weighted by atomic mass is 9.87. The highest BCUT2D eigenvalue weighted by atomic mass is 35.5. The van der Waals surface area contributed by atoms with Crippen molar-refractivity contribution in [3.63, 3.8) is 0 Å². The van der Waals surface area contributed by atoms with E-state index in [9.17, 15) is 9.90 Å². The SMILES string of the molecule is CC(C)(C)c1cccc(OC[C@@H]2[C@@H](C/C=C\CCCC(=O)OCCO)[C@H](Cl)C[C@H]2O)c1. The first kappa shape index (κ1) is 25.7. The average Bonchev–Trinajstić information content (AvgIpc) is 2.99. The van der Waals surface area contributed by atoms with Crippen molar-refractivity contribution >= 4 is 17.6 Å². The van der Waals surface area contributed by atoms with Gasteiger partial charge in [-0.2, -0.15) is 0 Å². The zero-order valence-electron chi connectivity index (χ0n) is 18.9. The number of hydrogen-bond acceptors (Lipinski definition) is 5. The minimum Gasteiger partial charge on any atom is -0.493 e. The fourth-order valence-electron chi connectivity index (χ4n) is 3.90. The Kier molecular flexibility index (Phi) is 10.3. The van der Waals surface area contributed by atoms with Crippen molar-refractivity contribution in [2.45, 2.75) is 69.8 Å². The molecule has 0 radical (unpaired) electrons. The summed E-state index contributed by atoms with van der Waals surface area (Å²) in [6.45, 7) is 6.86. The molecule has 0 spiro atoms. The number of allylic oxidation sites excluding steroid dienone is 2. The molecule has 0 unspecified atom stereocenters. The Morgan fingerprint density at radius 3 is 2.74 bits per heavy atom. The number of rotatable bonds is 11. The van der Waals surface area contributed by atoms with Gasteiger partial charge in [0, 0.05) is 17.7 Å². The number of unbranched alkanes of at least 4 members (excludes halogenated alkanes) is 1. The Hall–Kier alpha value is -1.56. The van der Waals surface area contributed by atoms with Gasteiger partial charge in [-0.05, 0) is 54.7 Å². The summed E-state index contributed by atoms with van der Waals surface area (Å²) < 4.78 is 10.9. The normalized spacial score (nSPS) is 23.9. The van der Waals surface area contributed by atoms with Crippen LogP contribution in [0.4, 0.5) is 0 Å². The fourth-order valence-corrected chi connectivity index (χ4v) is 4.38. The molecule has 0 aliphatic heterocycles. The fraction of sp³-hybridized carbons (Fsp3) is 0.640. The zero-order chi connectivity index (χ0) is 22.9. The van der Waals surface area contributed by atoms with E-state index < -0.39 is 6.10 Å². The van der Waals surface area contributed by atoms with Crippen LogP contribution in [0.15, 0.2) is 36.4 Å². The van der Waals surface area contributed by atoms with Gasteiger partial charge in [-0.1, -0.05) is 45.1 Å². The molecule has 0 heterocycles. The highest BCUT2D eigenvalue weighted by molar-refractivity contribution is 6.21. The van der Waals surface area contributed by atoms with E-state index in [-0.39, 0.29) is 41.8 Å². The zero-order valence-corrected chi connectivity index (χ0v) is 19.7. The number of carbonyl (C=O) groups is 1. The predicted octanol–water partition coefficient (Wildman–Crippen LogP) is 4.62. The van der Waals surface area contributed by atoms with E-state index in [2.05, 4.69) is 45.1 Å². The lowest BCUT2D eigenvalue weighted by Crippen LogP contribution is -2.27. The van der Waals surface area contributed by atoms with Crippen molar-refractivity contribution in [2.75, 3.05) is 19.8 Å². The van der Waals surface area contributed by atoms with Crippen molar-refractivity contribution in [3.8, 4) is 5.75 Å². The minimum absolute atomic E-state index is 0.0149. The molecule has 6 heteroatoms. The third-order valence-electron chi connectivity index (χ3n) is 5.80. The van der Waals surface area contributed by atoms with Crippen LogP contribution in [0.3, 0.4) is 0 Å². The smallest absolute Gasteiger partial charge is 0.305 e. The molecular formula is C25H37ClO5. The van der Waals surface area contributed by atoms with Crippen molar-refractivity contribution in [1.29, 1.82) is 0 Å². The van der Waals surface area contributed by atoms with E-state index in [0.29, 0.717) is 25.9 Å². The van der Waals surface area contributed by atoms with Crippen LogP contribution < -0.4 is 4.74 Å². The third kappa shape index (κ3) is 8.47. The van der Waals surface area contributed by atoms with Crippen LogP contribution in [0.5, 0.6) is 5.75 Å². The molecular weight excluding hydrogens is 416 g/mol. The van der Waals surface area contributed by atoms with Crippen LogP contribution in [0.1, 0.15) is 58.4 Å². The number of aliphatic hydroxyl groups is 2. The number of halogens is 1. The minimum atomic E-state index is -0.465. The number of esters is 1. The van der Waals surface area contributed by atoms with Gasteiger partial charge in [0.15, 0.2) is 0 Å². The first-order valence-corrected chi connectivity index (χ1v) is 11.6. The Morgan fingerprint density at radius 2 is 2.03 bits per heavy atom. The summed E-state index contributed by atoms with van der Waals surface area (Å²) in [5.41, 5.74) is 1.27. The van der Waals surface area contributed by atoms with Crippen molar-refractivity contribution in [2.24, 2.45) is 11.8 Å². The van der Waals surface area contributed by atoms with Crippen molar-refractivity contribution in [1.82, 2.24) is 0 Å². The maximum Gasteiger partial charge on any atom is 0.305 e. The lowest BCUT2D eigenvalue weighted by molar-refractivity contribution is -0.144. The Bertz CT molecular complexity index is 712. The number of hydrogen-bond donors (Lipinski definition) is 2. The quantitative estimate of drug-likeness (QED) is 0.222. The standard InChI is InChI=1S/C25H37ClO5/c1-25(2,3)18-9-8-10-19(15-18)31-17-21-20(22(26)16-23(21)28)11-6-4-5-7-12-24(29)30-14-13-27/h4,6,8-10,15,20-23,27-28H,5,7,11-14,16-17H2,1-3H3/b6-4-/t20-,21-,22-,23-/m1/s1. The topological polar surface area (TPSA) is 76.0 Å². The molecule has 0 bridgehead atoms. The van der Waals surface area contributed by atoms with Crippen molar-refractivity contribution in [3.05, 3.63) is 42.0 Å². The van der Waals surface area contributed by atoms with Gasteiger partial charge in [0.05, 0.1) is 19.3 Å². The highest BCUT2D eigenvalue weighted by Gasteiger charge is 2.41. The first-order valence-electron chi connectivity index (χ1n) is 11.2. The van der Waals surface area contributed by atoms with E-state index in [1.807, 2.05) is 12.1 Å². The van der Waals surface area contributed by atoms with Gasteiger partial charge in [-0.25, -0.2) is 0 Å². The molecule has 1 aromatic rings. The second-order valence-corrected chi connectivity index (χ2v) is 9.84. The largest absolute Gasteiger partial charge is 0.493 e. The van der Waals surface area contributed by atoms with Crippen LogP contribution in [0.25, 0.3) is 0 Å². The summed E-state index contributed by atoms with van der Waals surface area (Å²) in [6, 6.07) is 8.13. The summed E-state index contributed by atoms with van der Waals surface area (Å²) in [5.74, 6) is 0.669. The molecule has 2 N–H and O–H groups in total. The number of carbonyl (C=O) groups excluding carboxylic acids is 1. The van der Waals surface area contributed by atoms with E-state index in [4.69, 9.17) is 26.2 Å². The van der Waals surface area contributed by atoms with Crippen LogP contribution >= 0.6 is 11.6 Å². The number of benzene rings is 1. The number of aliphatic hydroxyl groups excluding tert-OH is 2. The molecule has 1 aliphatic rings. The molecule has 1 saturated carbocycles. The molecule has 1 aliphatic carbocycles. The lowest BCUT2D eigenvalue weighted by Gasteiger charge is -2.24. The summed E-state index contributed by atoms with van der Waals surface area (Å²) in [6.07, 6.45) is 6.85. The summed E-state index contributed by atoms with van der Waals surface area (Å²) in [5, 5.41) is 19.1. The number of ether oxygens (including phenoxy) is 2. The molecule has 31 heavy (non-hydrogen) atoms. The maximum atomic E-state index is 11.4. The van der Waals surface area contributed by atoms with E-state index in [1.165, 1.54) is 5.56 Å². The van der Waals surface area contributed by atoms with E-state index in [0.717, 1.165) is 18.6 Å². The van der Waals surface area contributed by atoms with Gasteiger partial charge < -0.3 is 19.7 Å². The Labute approximate surface area is 191 Å². The molecule has 4 atom stereocenters. The number of alkyl halides is 1. The molecule has 0 saturated heterocycles. The molecule has 0 aromatic heterocycles. The van der Waals surface area contributed by atoms with Crippen LogP contribution in [0.2, 0.25) is 0 Å². The van der Waals surface area contributed by atoms with Gasteiger partial charge in [0.1, 0.15) is 12.4 Å². The monoisotopic (exact) mass is 452 g/mol. The van der Waals surface area contributed by atoms with Crippen LogP contribution in [0, 0.1) is 11.8 Å². The molecule has 0 amide bonds. The van der Waals surface area contributed by atoms with Gasteiger partial charge in [-0.3, -0.25) is 4.79 Å². The molecule has 2 rings (SSSR count). The second kappa shape index (κ2) is 12.5. The summed E-state index contributed by atoms with van der Waals surface area (Å²) >= 11 is 6.53. The van der Waals surface area contributed by atoms with E-state index >= 15 is 0 Å².